The van der Waals surface area contributed by atoms with Gasteiger partial charge in [0.25, 0.3) is 0 Å². The van der Waals surface area contributed by atoms with Gasteiger partial charge in [-0.25, -0.2) is 13.1 Å². The summed E-state index contributed by atoms with van der Waals surface area (Å²) < 4.78 is 28.9. The Morgan fingerprint density at radius 1 is 1.16 bits per heavy atom. The second kappa shape index (κ2) is 11.5. The molecule has 0 amide bonds. The molecule has 1 aliphatic carbocycles. The van der Waals surface area contributed by atoms with Crippen LogP contribution < -0.4 is 4.72 Å². The average molecular weight is 497 g/mol. The van der Waals surface area contributed by atoms with E-state index in [1.807, 2.05) is 37.3 Å². The second-order valence-corrected chi connectivity index (χ2v) is 11.2. The molecule has 2 aromatic carbocycles. The average Bonchev–Trinajstić information content (AvgIpc) is 2.75. The van der Waals surface area contributed by atoms with Crippen molar-refractivity contribution in [2.24, 2.45) is 10.9 Å². The highest BCUT2D eigenvalue weighted by Gasteiger charge is 2.26. The molecule has 2 N–H and O–H groups in total. The molecule has 0 aromatic heterocycles. The van der Waals surface area contributed by atoms with Crippen molar-refractivity contribution < 1.29 is 13.5 Å². The van der Waals surface area contributed by atoms with Crippen LogP contribution >= 0.6 is 23.2 Å². The van der Waals surface area contributed by atoms with Gasteiger partial charge in [-0.2, -0.15) is 0 Å². The van der Waals surface area contributed by atoms with Crippen LogP contribution in [0.5, 0.6) is 5.75 Å². The Morgan fingerprint density at radius 3 is 2.53 bits per heavy atom. The van der Waals surface area contributed by atoms with Gasteiger partial charge in [-0.05, 0) is 49.8 Å². The van der Waals surface area contributed by atoms with E-state index in [0.29, 0.717) is 22.9 Å². The molecule has 8 heteroatoms. The van der Waals surface area contributed by atoms with E-state index in [1.165, 1.54) is 18.7 Å². The van der Waals surface area contributed by atoms with Crippen molar-refractivity contribution in [3.8, 4) is 5.75 Å². The molecule has 2 atom stereocenters. The van der Waals surface area contributed by atoms with Gasteiger partial charge < -0.3 is 5.11 Å². The number of rotatable bonds is 9. The lowest BCUT2D eigenvalue weighted by molar-refractivity contribution is 0.303. The number of nitrogens with one attached hydrogen (secondary N) is 1. The molecule has 174 valence electrons. The predicted molar refractivity (Wildman–Crippen MR) is 133 cm³/mol. The molecule has 0 aliphatic heterocycles. The van der Waals surface area contributed by atoms with Crippen LogP contribution in [0, 0.1) is 5.92 Å². The maximum atomic E-state index is 13.0. The van der Waals surface area contributed by atoms with Crippen molar-refractivity contribution in [2.75, 3.05) is 5.75 Å². The molecule has 0 bridgehead atoms. The third-order valence-electron chi connectivity index (χ3n) is 5.93. The number of sulfonamides is 1. The Kier molecular flexibility index (Phi) is 9.00. The summed E-state index contributed by atoms with van der Waals surface area (Å²) in [5.41, 5.74) is 1.33. The summed E-state index contributed by atoms with van der Waals surface area (Å²) >= 11 is 12.0. The van der Waals surface area contributed by atoms with Crippen molar-refractivity contribution in [1.82, 2.24) is 4.72 Å². The van der Waals surface area contributed by atoms with E-state index in [0.717, 1.165) is 31.2 Å². The monoisotopic (exact) mass is 496 g/mol. The molecule has 1 fully saturated rings. The van der Waals surface area contributed by atoms with Crippen LogP contribution in [-0.2, 0) is 16.4 Å². The first kappa shape index (κ1) is 25.0. The van der Waals surface area contributed by atoms with Crippen molar-refractivity contribution in [3.05, 3.63) is 63.6 Å². The van der Waals surface area contributed by atoms with Crippen molar-refractivity contribution in [2.45, 2.75) is 57.5 Å². The normalized spacial score (nSPS) is 17.5. The summed E-state index contributed by atoms with van der Waals surface area (Å²) in [4.78, 5) is 4.52. The zero-order valence-electron chi connectivity index (χ0n) is 18.2. The summed E-state index contributed by atoms with van der Waals surface area (Å²) in [6.45, 7) is 1.95. The fraction of sp³-hybridized carbons (Fsp3) is 0.458. The largest absolute Gasteiger partial charge is 0.506 e. The SMILES string of the molecule is C[C@H](NS(=O)(=O)C[C@H](Cc1ccccc1)N=Cc1cc(Cl)cc(Cl)c1O)C1CCCCC1. The highest BCUT2D eigenvalue weighted by Crippen LogP contribution is 2.30. The molecule has 5 nitrogen and oxygen atoms in total. The Labute approximate surface area is 200 Å². The molecular formula is C24H30Cl2N2O3S. The van der Waals surface area contributed by atoms with Gasteiger partial charge in [-0.3, -0.25) is 4.99 Å². The van der Waals surface area contributed by atoms with E-state index in [2.05, 4.69) is 9.71 Å². The summed E-state index contributed by atoms with van der Waals surface area (Å²) in [5, 5.41) is 10.7. The second-order valence-electron chi connectivity index (χ2n) is 8.53. The topological polar surface area (TPSA) is 78.8 Å². The molecule has 0 saturated heterocycles. The van der Waals surface area contributed by atoms with Gasteiger partial charge in [0.15, 0.2) is 0 Å². The molecule has 32 heavy (non-hydrogen) atoms. The molecule has 1 saturated carbocycles. The lowest BCUT2D eigenvalue weighted by Gasteiger charge is -2.28. The minimum absolute atomic E-state index is 0.0996. The number of phenolic OH excluding ortho intramolecular Hbond substituents is 1. The van der Waals surface area contributed by atoms with Crippen molar-refractivity contribution >= 4 is 39.4 Å². The number of benzene rings is 2. The van der Waals surface area contributed by atoms with Crippen molar-refractivity contribution in [3.63, 3.8) is 0 Å². The number of nitrogens with zero attached hydrogens (tertiary/aromatic N) is 1. The summed E-state index contributed by atoms with van der Waals surface area (Å²) in [7, 11) is -3.56. The number of aromatic hydroxyl groups is 1. The first-order chi connectivity index (χ1) is 15.2. The molecule has 3 rings (SSSR count). The van der Waals surface area contributed by atoms with Crippen LogP contribution in [0.15, 0.2) is 47.5 Å². The third-order valence-corrected chi connectivity index (χ3v) is 7.99. The number of halogens is 2. The standard InChI is InChI=1S/C24H30Cl2N2O3S/c1-17(19-10-6-3-7-11-19)28-32(30,31)16-22(12-18-8-4-2-5-9-18)27-15-20-13-21(25)14-23(26)24(20)29/h2,4-5,8-9,13-15,17,19,22,28-29H,3,6-7,10-12,16H2,1H3/t17-,22-/m0/s1. The minimum atomic E-state index is -3.56. The quantitative estimate of drug-likeness (QED) is 0.442. The van der Waals surface area contributed by atoms with Gasteiger partial charge in [-0.15, -0.1) is 0 Å². The van der Waals surface area contributed by atoms with E-state index in [1.54, 1.807) is 6.07 Å². The van der Waals surface area contributed by atoms with E-state index >= 15 is 0 Å². The minimum Gasteiger partial charge on any atom is -0.506 e. The zero-order valence-corrected chi connectivity index (χ0v) is 20.5. The van der Waals surface area contributed by atoms with Gasteiger partial charge in [-0.1, -0.05) is 72.8 Å². The Morgan fingerprint density at radius 2 is 1.84 bits per heavy atom. The smallest absolute Gasteiger partial charge is 0.213 e. The molecule has 0 unspecified atom stereocenters. The maximum Gasteiger partial charge on any atom is 0.213 e. The van der Waals surface area contributed by atoms with Crippen LogP contribution in [0.2, 0.25) is 10.0 Å². The zero-order chi connectivity index (χ0) is 23.1. The first-order valence-corrected chi connectivity index (χ1v) is 13.4. The highest BCUT2D eigenvalue weighted by atomic mass is 35.5. The van der Waals surface area contributed by atoms with Gasteiger partial charge in [0.2, 0.25) is 10.0 Å². The molecule has 1 aliphatic rings. The van der Waals surface area contributed by atoms with Gasteiger partial charge >= 0.3 is 0 Å². The molecular weight excluding hydrogens is 467 g/mol. The summed E-state index contributed by atoms with van der Waals surface area (Å²) in [6, 6.07) is 12.0. The summed E-state index contributed by atoms with van der Waals surface area (Å²) in [5.74, 6) is 0.0927. The molecule has 0 heterocycles. The third kappa shape index (κ3) is 7.48. The lowest BCUT2D eigenvalue weighted by Crippen LogP contribution is -2.42. The van der Waals surface area contributed by atoms with Crippen molar-refractivity contribution in [1.29, 1.82) is 0 Å². The Balaban J connectivity index is 1.78. The molecule has 0 radical (unpaired) electrons. The molecule has 2 aromatic rings. The fourth-order valence-electron chi connectivity index (χ4n) is 4.23. The maximum absolute atomic E-state index is 13.0. The fourth-order valence-corrected chi connectivity index (χ4v) is 6.30. The number of aliphatic imine (C=N–C) groups is 1. The van der Waals surface area contributed by atoms with E-state index in [9.17, 15) is 13.5 Å². The van der Waals surface area contributed by atoms with Crippen LogP contribution in [0.4, 0.5) is 0 Å². The lowest BCUT2D eigenvalue weighted by atomic mass is 9.85. The first-order valence-electron chi connectivity index (χ1n) is 11.0. The summed E-state index contributed by atoms with van der Waals surface area (Å²) in [6.07, 6.45) is 7.55. The van der Waals surface area contributed by atoms with Gasteiger partial charge in [0.1, 0.15) is 5.75 Å². The van der Waals surface area contributed by atoms with Crippen LogP contribution in [0.3, 0.4) is 0 Å². The van der Waals surface area contributed by atoms with E-state index in [-0.39, 0.29) is 22.6 Å². The van der Waals surface area contributed by atoms with E-state index < -0.39 is 16.1 Å². The molecule has 0 spiro atoms. The van der Waals surface area contributed by atoms with Crippen LogP contribution in [0.25, 0.3) is 0 Å². The number of hydrogen-bond acceptors (Lipinski definition) is 4. The van der Waals surface area contributed by atoms with E-state index in [4.69, 9.17) is 23.2 Å². The van der Waals surface area contributed by atoms with Crippen LogP contribution in [0.1, 0.15) is 50.2 Å². The van der Waals surface area contributed by atoms with Crippen LogP contribution in [-0.4, -0.2) is 37.6 Å². The van der Waals surface area contributed by atoms with Gasteiger partial charge in [0.05, 0.1) is 16.8 Å². The number of phenols is 1. The Hall–Kier alpha value is -1.60. The predicted octanol–water partition coefficient (Wildman–Crippen LogP) is 5.62. The highest BCUT2D eigenvalue weighted by molar-refractivity contribution is 7.89. The Bertz CT molecular complexity index is 1020. The van der Waals surface area contributed by atoms with Gasteiger partial charge in [0, 0.05) is 22.8 Å². The number of hydrogen-bond donors (Lipinski definition) is 2.